The van der Waals surface area contributed by atoms with Gasteiger partial charge in [-0.2, -0.15) is 0 Å². The fraction of sp³-hybridized carbons (Fsp3) is 0.636. The van der Waals surface area contributed by atoms with E-state index in [0.717, 1.165) is 18.7 Å². The van der Waals surface area contributed by atoms with Crippen LogP contribution in [0.5, 0.6) is 0 Å². The fourth-order valence-corrected chi connectivity index (χ4v) is 1.69. The van der Waals surface area contributed by atoms with Crippen LogP contribution >= 0.6 is 0 Å². The van der Waals surface area contributed by atoms with Gasteiger partial charge < -0.3 is 9.73 Å². The number of rotatable bonds is 6. The summed E-state index contributed by atoms with van der Waals surface area (Å²) >= 11 is 0. The monoisotopic (exact) mass is 229 g/mol. The quantitative estimate of drug-likeness (QED) is 0.812. The number of hydrogen-bond acceptors (Lipinski definition) is 3. The van der Waals surface area contributed by atoms with Crippen molar-refractivity contribution >= 4 is 10.8 Å². The fourth-order valence-electron chi connectivity index (χ4n) is 1.36. The van der Waals surface area contributed by atoms with Crippen LogP contribution < -0.4 is 5.32 Å². The molecule has 1 rings (SSSR count). The van der Waals surface area contributed by atoms with Crippen LogP contribution in [-0.2, 0) is 10.8 Å². The third-order valence-electron chi connectivity index (χ3n) is 2.51. The maximum absolute atomic E-state index is 11.2. The molecule has 0 amide bonds. The topological polar surface area (TPSA) is 42.2 Å². The molecule has 1 N–H and O–H groups in total. The molecule has 0 aliphatic rings. The van der Waals surface area contributed by atoms with Gasteiger partial charge in [0.25, 0.3) is 0 Å². The third-order valence-corrected chi connectivity index (χ3v) is 3.81. The van der Waals surface area contributed by atoms with Crippen molar-refractivity contribution in [3.63, 3.8) is 0 Å². The normalized spacial score (nSPS) is 17.3. The summed E-state index contributed by atoms with van der Waals surface area (Å²) in [7, 11) is -0.769. The second kappa shape index (κ2) is 6.08. The zero-order chi connectivity index (χ0) is 11.3. The van der Waals surface area contributed by atoms with Crippen LogP contribution in [0.15, 0.2) is 22.8 Å². The minimum atomic E-state index is -0.769. The Balaban J connectivity index is 2.45. The van der Waals surface area contributed by atoms with E-state index in [-0.39, 0.29) is 11.3 Å². The van der Waals surface area contributed by atoms with Gasteiger partial charge in [-0.05, 0) is 25.5 Å². The van der Waals surface area contributed by atoms with Gasteiger partial charge in [0.15, 0.2) is 0 Å². The maximum atomic E-state index is 11.2. The molecule has 4 heteroatoms. The molecular weight excluding hydrogens is 210 g/mol. The first-order valence-electron chi connectivity index (χ1n) is 5.24. The smallest absolute Gasteiger partial charge is 0.120 e. The summed E-state index contributed by atoms with van der Waals surface area (Å²) < 4.78 is 16.5. The van der Waals surface area contributed by atoms with Gasteiger partial charge in [-0.1, -0.05) is 6.92 Å². The van der Waals surface area contributed by atoms with E-state index in [0.29, 0.717) is 0 Å². The Kier molecular flexibility index (Phi) is 5.05. The van der Waals surface area contributed by atoms with E-state index in [4.69, 9.17) is 4.42 Å². The second-order valence-electron chi connectivity index (χ2n) is 3.69. The molecule has 15 heavy (non-hydrogen) atoms. The zero-order valence-corrected chi connectivity index (χ0v) is 10.3. The van der Waals surface area contributed by atoms with E-state index in [1.54, 1.807) is 12.5 Å². The van der Waals surface area contributed by atoms with Gasteiger partial charge in [0.05, 0.1) is 12.3 Å². The molecule has 3 nitrogen and oxygen atoms in total. The molecule has 86 valence electrons. The Labute approximate surface area is 93.7 Å². The first kappa shape index (κ1) is 12.5. The molecule has 3 atom stereocenters. The summed E-state index contributed by atoms with van der Waals surface area (Å²) in [6, 6.07) is 4.08. The number of hydrogen-bond donors (Lipinski definition) is 1. The molecule has 1 heterocycles. The zero-order valence-electron chi connectivity index (χ0n) is 9.53. The van der Waals surface area contributed by atoms with E-state index in [1.807, 2.05) is 19.1 Å². The minimum Gasteiger partial charge on any atom is -0.468 e. The Morgan fingerprint density at radius 2 is 2.33 bits per heavy atom. The van der Waals surface area contributed by atoms with Crippen molar-refractivity contribution < 1.29 is 8.63 Å². The Morgan fingerprint density at radius 3 is 2.80 bits per heavy atom. The Morgan fingerprint density at radius 1 is 1.60 bits per heavy atom. The van der Waals surface area contributed by atoms with Gasteiger partial charge in [-0.3, -0.25) is 4.21 Å². The highest BCUT2D eigenvalue weighted by atomic mass is 32.2. The minimum absolute atomic E-state index is 0.175. The largest absolute Gasteiger partial charge is 0.468 e. The van der Waals surface area contributed by atoms with Gasteiger partial charge in [0, 0.05) is 28.9 Å². The van der Waals surface area contributed by atoms with Crippen LogP contribution in [0.2, 0.25) is 0 Å². The predicted molar refractivity (Wildman–Crippen MR) is 63.3 cm³/mol. The van der Waals surface area contributed by atoms with Crippen LogP contribution in [-0.4, -0.2) is 22.3 Å². The molecule has 0 aliphatic heterocycles. The van der Waals surface area contributed by atoms with Crippen molar-refractivity contribution in [1.82, 2.24) is 5.32 Å². The second-order valence-corrected chi connectivity index (χ2v) is 5.50. The van der Waals surface area contributed by atoms with Gasteiger partial charge in [0.2, 0.25) is 0 Å². The third kappa shape index (κ3) is 3.80. The summed E-state index contributed by atoms with van der Waals surface area (Å²) in [6.07, 6.45) is 4.39. The van der Waals surface area contributed by atoms with Crippen molar-refractivity contribution in [2.45, 2.75) is 31.6 Å². The number of nitrogens with one attached hydrogen (secondary N) is 1. The first-order valence-corrected chi connectivity index (χ1v) is 6.86. The van der Waals surface area contributed by atoms with Gasteiger partial charge >= 0.3 is 0 Å². The molecule has 3 unspecified atom stereocenters. The van der Waals surface area contributed by atoms with Crippen molar-refractivity contribution in [3.05, 3.63) is 24.2 Å². The molecule has 0 saturated heterocycles. The lowest BCUT2D eigenvalue weighted by Crippen LogP contribution is -2.30. The summed E-state index contributed by atoms with van der Waals surface area (Å²) in [5.41, 5.74) is 0. The Bertz CT molecular complexity index is 298. The van der Waals surface area contributed by atoms with Gasteiger partial charge in [-0.15, -0.1) is 0 Å². The molecule has 0 radical (unpaired) electrons. The van der Waals surface area contributed by atoms with Crippen LogP contribution in [0, 0.1) is 0 Å². The van der Waals surface area contributed by atoms with Gasteiger partial charge in [-0.25, -0.2) is 0 Å². The van der Waals surface area contributed by atoms with Crippen LogP contribution in [0.25, 0.3) is 0 Å². The molecule has 0 spiro atoms. The van der Waals surface area contributed by atoms with Crippen LogP contribution in [0.1, 0.15) is 32.1 Å². The average molecular weight is 229 g/mol. The van der Waals surface area contributed by atoms with Crippen molar-refractivity contribution in [2.24, 2.45) is 0 Å². The summed E-state index contributed by atoms with van der Waals surface area (Å²) in [5.74, 6) is 0.951. The van der Waals surface area contributed by atoms with E-state index in [2.05, 4.69) is 12.2 Å². The average Bonchev–Trinajstić information content (AvgIpc) is 2.71. The highest BCUT2D eigenvalue weighted by molar-refractivity contribution is 7.84. The standard InChI is InChI=1S/C11H19NO2S/c1-4-10(11-6-5-7-14-11)12-8-9(2)15(3)13/h5-7,9-10,12H,4,8H2,1-3H3. The summed E-state index contributed by atoms with van der Waals surface area (Å²) in [5, 5.41) is 3.54. The SMILES string of the molecule is CCC(NCC(C)S(C)=O)c1ccco1. The molecule has 0 saturated carbocycles. The summed E-state index contributed by atoms with van der Waals surface area (Å²) in [6.45, 7) is 4.84. The molecular formula is C11H19NO2S. The van der Waals surface area contributed by atoms with Crippen molar-refractivity contribution in [2.75, 3.05) is 12.8 Å². The van der Waals surface area contributed by atoms with Gasteiger partial charge in [0.1, 0.15) is 5.76 Å². The lowest BCUT2D eigenvalue weighted by molar-refractivity contribution is 0.405. The highest BCUT2D eigenvalue weighted by Crippen LogP contribution is 2.16. The number of furan rings is 1. The van der Waals surface area contributed by atoms with Crippen LogP contribution in [0.3, 0.4) is 0 Å². The molecule has 1 aromatic heterocycles. The molecule has 0 fully saturated rings. The molecule has 1 aromatic rings. The molecule has 0 aliphatic carbocycles. The highest BCUT2D eigenvalue weighted by Gasteiger charge is 2.13. The van der Waals surface area contributed by atoms with Crippen LogP contribution in [0.4, 0.5) is 0 Å². The van der Waals surface area contributed by atoms with E-state index in [9.17, 15) is 4.21 Å². The first-order chi connectivity index (χ1) is 7.15. The molecule has 0 bridgehead atoms. The van der Waals surface area contributed by atoms with E-state index >= 15 is 0 Å². The van der Waals surface area contributed by atoms with Crippen molar-refractivity contribution in [3.8, 4) is 0 Å². The van der Waals surface area contributed by atoms with E-state index in [1.165, 1.54) is 0 Å². The van der Waals surface area contributed by atoms with Crippen molar-refractivity contribution in [1.29, 1.82) is 0 Å². The molecule has 0 aromatic carbocycles. The predicted octanol–water partition coefficient (Wildman–Crippen LogP) is 2.09. The van der Waals surface area contributed by atoms with E-state index < -0.39 is 10.8 Å². The maximum Gasteiger partial charge on any atom is 0.120 e. The lowest BCUT2D eigenvalue weighted by Gasteiger charge is -2.16. The lowest BCUT2D eigenvalue weighted by atomic mass is 10.1. The summed E-state index contributed by atoms with van der Waals surface area (Å²) in [4.78, 5) is 0. The Hall–Kier alpha value is -0.610.